The topological polar surface area (TPSA) is 65.0 Å². The van der Waals surface area contributed by atoms with E-state index >= 15 is 0 Å². The van der Waals surface area contributed by atoms with Gasteiger partial charge in [-0.2, -0.15) is 0 Å². The van der Waals surface area contributed by atoms with Gasteiger partial charge in [0.05, 0.1) is 23.7 Å². The van der Waals surface area contributed by atoms with Gasteiger partial charge >= 0.3 is 0 Å². The molecule has 0 aromatic heterocycles. The van der Waals surface area contributed by atoms with Gasteiger partial charge in [0.2, 0.25) is 5.91 Å². The van der Waals surface area contributed by atoms with Crippen LogP contribution in [0.1, 0.15) is 51.6 Å². The summed E-state index contributed by atoms with van der Waals surface area (Å²) in [6.07, 6.45) is 2.70. The van der Waals surface area contributed by atoms with Crippen molar-refractivity contribution < 1.29 is 9.59 Å². The van der Waals surface area contributed by atoms with Gasteiger partial charge in [0.25, 0.3) is 5.91 Å². The zero-order valence-electron chi connectivity index (χ0n) is 18.4. The van der Waals surface area contributed by atoms with E-state index in [9.17, 15) is 9.59 Å². The van der Waals surface area contributed by atoms with Gasteiger partial charge < -0.3 is 15.1 Å². The summed E-state index contributed by atoms with van der Waals surface area (Å²) in [6, 6.07) is 9.76. The van der Waals surface area contributed by atoms with Gasteiger partial charge in [0.15, 0.2) is 5.17 Å². The van der Waals surface area contributed by atoms with Crippen LogP contribution in [0.4, 0.5) is 0 Å². The number of allylic oxidation sites excluding steroid dienone is 1. The van der Waals surface area contributed by atoms with E-state index in [1.165, 1.54) is 24.6 Å². The Balaban J connectivity index is 1.67. The fraction of sp³-hybridized carbons (Fsp3) is 0.458. The quantitative estimate of drug-likeness (QED) is 0.665. The third-order valence-electron chi connectivity index (χ3n) is 6.02. The number of hydrogen-bond donors (Lipinski definition) is 1. The Morgan fingerprint density at radius 2 is 1.90 bits per heavy atom. The van der Waals surface area contributed by atoms with E-state index in [1.54, 1.807) is 0 Å². The number of likely N-dealkylation sites (N-methyl/N-ethyl adjacent to an activating group) is 1. The van der Waals surface area contributed by atoms with Crippen LogP contribution in [-0.4, -0.2) is 46.4 Å². The van der Waals surface area contributed by atoms with Crippen LogP contribution < -0.4 is 5.32 Å². The summed E-state index contributed by atoms with van der Waals surface area (Å²) >= 11 is 1.52. The van der Waals surface area contributed by atoms with Crippen LogP contribution in [0.5, 0.6) is 0 Å². The molecule has 3 aliphatic rings. The molecule has 7 heteroatoms. The number of amidine groups is 1. The molecule has 1 saturated carbocycles. The number of rotatable bonds is 8. The van der Waals surface area contributed by atoms with E-state index in [0.717, 1.165) is 28.7 Å². The largest absolute Gasteiger partial charge is 0.355 e. The molecule has 1 fully saturated rings. The van der Waals surface area contributed by atoms with Crippen LogP contribution in [0.25, 0.3) is 0 Å². The molecule has 2 amide bonds. The molecule has 0 saturated heterocycles. The summed E-state index contributed by atoms with van der Waals surface area (Å²) in [5, 5.41) is 5.89. The van der Waals surface area contributed by atoms with Crippen molar-refractivity contribution in [3.05, 3.63) is 58.3 Å². The summed E-state index contributed by atoms with van der Waals surface area (Å²) < 4.78 is 0. The van der Waals surface area contributed by atoms with E-state index in [1.807, 2.05) is 61.4 Å². The van der Waals surface area contributed by atoms with E-state index in [0.29, 0.717) is 24.6 Å². The minimum Gasteiger partial charge on any atom is -0.355 e. The number of benzene rings is 1. The summed E-state index contributed by atoms with van der Waals surface area (Å²) in [7, 11) is 0. The maximum atomic E-state index is 13.5. The summed E-state index contributed by atoms with van der Waals surface area (Å²) in [5.41, 5.74) is 3.35. The molecular formula is C24H30N4O2S. The molecule has 1 N–H and O–H groups in total. The minimum absolute atomic E-state index is 0.00795. The van der Waals surface area contributed by atoms with Gasteiger partial charge in [0, 0.05) is 25.3 Å². The number of amides is 2. The lowest BCUT2D eigenvalue weighted by Crippen LogP contribution is -2.42. The van der Waals surface area contributed by atoms with Crippen molar-refractivity contribution in [2.75, 3.05) is 19.6 Å². The molecule has 6 nitrogen and oxygen atoms in total. The lowest BCUT2D eigenvalue weighted by molar-refractivity contribution is -0.127. The predicted octanol–water partition coefficient (Wildman–Crippen LogP) is 4.05. The second kappa shape index (κ2) is 9.30. The molecule has 0 radical (unpaired) electrons. The second-order valence-corrected chi connectivity index (χ2v) is 9.04. The molecule has 0 spiro atoms. The zero-order valence-corrected chi connectivity index (χ0v) is 19.2. The lowest BCUT2D eigenvalue weighted by atomic mass is 9.92. The zero-order chi connectivity index (χ0) is 22.0. The normalized spacial score (nSPS) is 20.2. The van der Waals surface area contributed by atoms with E-state index in [2.05, 4.69) is 10.2 Å². The third kappa shape index (κ3) is 4.56. The third-order valence-corrected chi connectivity index (χ3v) is 6.91. The lowest BCUT2D eigenvalue weighted by Gasteiger charge is -2.38. The highest BCUT2D eigenvalue weighted by molar-refractivity contribution is 8.16. The van der Waals surface area contributed by atoms with Crippen molar-refractivity contribution >= 4 is 28.7 Å². The maximum Gasteiger partial charge on any atom is 0.254 e. The van der Waals surface area contributed by atoms with Gasteiger partial charge in [-0.1, -0.05) is 42.1 Å². The molecule has 2 aliphatic heterocycles. The highest BCUT2D eigenvalue weighted by Crippen LogP contribution is 2.44. The van der Waals surface area contributed by atoms with Gasteiger partial charge in [-0.25, -0.2) is 4.99 Å². The molecule has 1 aromatic carbocycles. The molecule has 0 unspecified atom stereocenters. The van der Waals surface area contributed by atoms with Crippen LogP contribution in [0.15, 0.2) is 57.7 Å². The molecule has 1 aromatic rings. The first-order chi connectivity index (χ1) is 15.0. The first kappa shape index (κ1) is 21.7. The summed E-state index contributed by atoms with van der Waals surface area (Å²) in [6.45, 7) is 7.95. The van der Waals surface area contributed by atoms with Crippen LogP contribution in [-0.2, 0) is 9.59 Å². The average molecular weight is 439 g/mol. The monoisotopic (exact) mass is 438 g/mol. The Morgan fingerprint density at radius 3 is 2.55 bits per heavy atom. The first-order valence-corrected chi connectivity index (χ1v) is 12.0. The molecule has 164 valence electrons. The standard InChI is InChI=1S/C24H30N4O2S/c1-4-27(5-2)23(30)21-16(3)26-24-28(22(21)18-9-7-6-8-10-18)19(15-31-24)13-20(29)25-14-17-11-12-17/h6-10,15,17,22H,4-5,11-14H2,1-3H3,(H,25,29)/t22-/m1/s1. The number of aliphatic imine (C=N–C) groups is 1. The molecule has 1 atom stereocenters. The Bertz CT molecular complexity index is 946. The van der Waals surface area contributed by atoms with Crippen molar-refractivity contribution in [2.45, 2.75) is 46.1 Å². The fourth-order valence-electron chi connectivity index (χ4n) is 4.08. The molecule has 4 rings (SSSR count). The van der Waals surface area contributed by atoms with Crippen LogP contribution in [0, 0.1) is 5.92 Å². The maximum absolute atomic E-state index is 13.5. The molecular weight excluding hydrogens is 408 g/mol. The Morgan fingerprint density at radius 1 is 1.19 bits per heavy atom. The average Bonchev–Trinajstić information content (AvgIpc) is 3.53. The number of hydrogen-bond acceptors (Lipinski definition) is 5. The Hall–Kier alpha value is -2.54. The number of thioether (sulfide) groups is 1. The smallest absolute Gasteiger partial charge is 0.254 e. The van der Waals surface area contributed by atoms with Gasteiger partial charge in [-0.05, 0) is 50.5 Å². The highest BCUT2D eigenvalue weighted by atomic mass is 32.2. The molecule has 2 heterocycles. The van der Waals surface area contributed by atoms with Crippen molar-refractivity contribution in [3.63, 3.8) is 0 Å². The number of carbonyl (C=O) groups excluding carboxylic acids is 2. The number of nitrogens with zero attached hydrogens (tertiary/aromatic N) is 3. The van der Waals surface area contributed by atoms with Crippen molar-refractivity contribution in [3.8, 4) is 0 Å². The van der Waals surface area contributed by atoms with Gasteiger partial charge in [-0.15, -0.1) is 0 Å². The van der Waals surface area contributed by atoms with Gasteiger partial charge in [0.1, 0.15) is 0 Å². The van der Waals surface area contributed by atoms with Crippen molar-refractivity contribution in [1.82, 2.24) is 15.1 Å². The van der Waals surface area contributed by atoms with Crippen molar-refractivity contribution in [1.29, 1.82) is 0 Å². The first-order valence-electron chi connectivity index (χ1n) is 11.1. The van der Waals surface area contributed by atoms with E-state index < -0.39 is 0 Å². The number of nitrogens with one attached hydrogen (secondary N) is 1. The molecule has 31 heavy (non-hydrogen) atoms. The van der Waals surface area contributed by atoms with Crippen LogP contribution in [0.3, 0.4) is 0 Å². The predicted molar refractivity (Wildman–Crippen MR) is 125 cm³/mol. The van der Waals surface area contributed by atoms with Gasteiger partial charge in [-0.3, -0.25) is 9.59 Å². The fourth-order valence-corrected chi connectivity index (χ4v) is 5.05. The second-order valence-electron chi connectivity index (χ2n) is 8.21. The SMILES string of the molecule is CCN(CC)C(=O)C1=C(C)N=C2SC=C(CC(=O)NCC3CC3)N2[C@@H]1c1ccccc1. The van der Waals surface area contributed by atoms with Crippen LogP contribution >= 0.6 is 11.8 Å². The number of fused-ring (bicyclic) bond motifs is 1. The minimum atomic E-state index is -0.292. The van der Waals surface area contributed by atoms with Crippen molar-refractivity contribution in [2.24, 2.45) is 10.9 Å². The molecule has 1 aliphatic carbocycles. The number of carbonyl (C=O) groups is 2. The van der Waals surface area contributed by atoms with Crippen LogP contribution in [0.2, 0.25) is 0 Å². The molecule has 0 bridgehead atoms. The van der Waals surface area contributed by atoms with E-state index in [4.69, 9.17) is 4.99 Å². The Labute approximate surface area is 188 Å². The summed E-state index contributed by atoms with van der Waals surface area (Å²) in [5.74, 6) is 0.673. The highest BCUT2D eigenvalue weighted by Gasteiger charge is 2.41. The Kier molecular flexibility index (Phi) is 6.51. The summed E-state index contributed by atoms with van der Waals surface area (Å²) in [4.78, 5) is 34.8. The van der Waals surface area contributed by atoms with E-state index in [-0.39, 0.29) is 24.3 Å².